The lowest BCUT2D eigenvalue weighted by atomic mass is 10.2. The van der Waals surface area contributed by atoms with Crippen LogP contribution < -0.4 is 14.5 Å². The molecule has 2 fully saturated rings. The fraction of sp³-hybridized carbons (Fsp3) is 0.364. The molecular formula is C22H24FN7O5S2. The molecule has 2 aliphatic heterocycles. The Morgan fingerprint density at radius 1 is 1.22 bits per heavy atom. The minimum absolute atomic E-state index is 0.150. The van der Waals surface area contributed by atoms with Crippen LogP contribution in [-0.4, -0.2) is 85.7 Å². The number of benzene rings is 1. The van der Waals surface area contributed by atoms with Crippen LogP contribution in [0.5, 0.6) is 0 Å². The predicted molar refractivity (Wildman–Crippen MR) is 132 cm³/mol. The standard InChI is InChI=1S/C22H24FN7O5S2/c23-18-12-16(30-15-17(35-22(30)32)14-29-6-5-24-26-29)3-4-19(18)27-7-9-28(10-8-27)20(31)13-25-37(33,34)21-2-1-11-36-21/h1-6,11-12,17,25H,7-10,13-15H2/t17-/m0/s1. The molecule has 1 aromatic carbocycles. The highest BCUT2D eigenvalue weighted by molar-refractivity contribution is 7.91. The molecule has 0 radical (unpaired) electrons. The maximum absolute atomic E-state index is 15.1. The summed E-state index contributed by atoms with van der Waals surface area (Å²) in [4.78, 5) is 29.6. The van der Waals surface area contributed by atoms with Crippen molar-refractivity contribution < 1.29 is 27.1 Å². The van der Waals surface area contributed by atoms with Gasteiger partial charge in [-0.15, -0.1) is 16.4 Å². The van der Waals surface area contributed by atoms with Crippen molar-refractivity contribution in [3.05, 3.63) is 53.9 Å². The lowest BCUT2D eigenvalue weighted by Crippen LogP contribution is -2.51. The monoisotopic (exact) mass is 549 g/mol. The predicted octanol–water partition coefficient (Wildman–Crippen LogP) is 1.13. The second-order valence-electron chi connectivity index (χ2n) is 8.50. The van der Waals surface area contributed by atoms with Crippen LogP contribution in [0.4, 0.5) is 20.6 Å². The molecule has 0 spiro atoms. The molecule has 1 atom stereocenters. The van der Waals surface area contributed by atoms with Crippen LogP contribution in [0.3, 0.4) is 0 Å². The zero-order valence-corrected chi connectivity index (χ0v) is 21.2. The fourth-order valence-electron chi connectivity index (χ4n) is 4.24. The number of aromatic nitrogens is 3. The maximum Gasteiger partial charge on any atom is 0.414 e. The molecular weight excluding hydrogens is 525 g/mol. The largest absolute Gasteiger partial charge is 0.442 e. The summed E-state index contributed by atoms with van der Waals surface area (Å²) in [6, 6.07) is 7.66. The average molecular weight is 550 g/mol. The summed E-state index contributed by atoms with van der Waals surface area (Å²) >= 11 is 1.07. The van der Waals surface area contributed by atoms with Gasteiger partial charge in [-0.1, -0.05) is 11.3 Å². The Hall–Kier alpha value is -3.56. The lowest BCUT2D eigenvalue weighted by Gasteiger charge is -2.36. The molecule has 15 heteroatoms. The summed E-state index contributed by atoms with van der Waals surface area (Å²) in [7, 11) is -3.72. The number of nitrogens with zero attached hydrogens (tertiary/aromatic N) is 6. The number of carbonyl (C=O) groups excluding carboxylic acids is 2. The van der Waals surface area contributed by atoms with Crippen LogP contribution in [0.25, 0.3) is 0 Å². The van der Waals surface area contributed by atoms with E-state index in [0.717, 1.165) is 11.3 Å². The molecule has 1 N–H and O–H groups in total. The van der Waals surface area contributed by atoms with E-state index in [-0.39, 0.29) is 23.2 Å². The van der Waals surface area contributed by atoms with E-state index < -0.39 is 28.0 Å². The van der Waals surface area contributed by atoms with Crippen molar-refractivity contribution >= 4 is 44.7 Å². The Morgan fingerprint density at radius 2 is 2.03 bits per heavy atom. The van der Waals surface area contributed by atoms with Gasteiger partial charge in [0.2, 0.25) is 5.91 Å². The normalized spacial score (nSPS) is 18.4. The van der Waals surface area contributed by atoms with Crippen molar-refractivity contribution in [2.45, 2.75) is 16.9 Å². The van der Waals surface area contributed by atoms with E-state index in [2.05, 4.69) is 15.0 Å². The molecule has 0 unspecified atom stereocenters. The van der Waals surface area contributed by atoms with E-state index in [1.54, 1.807) is 39.4 Å². The van der Waals surface area contributed by atoms with Crippen molar-refractivity contribution in [1.29, 1.82) is 0 Å². The molecule has 2 saturated heterocycles. The van der Waals surface area contributed by atoms with Gasteiger partial charge < -0.3 is 14.5 Å². The third kappa shape index (κ3) is 5.57. The molecule has 3 aromatic rings. The highest BCUT2D eigenvalue weighted by atomic mass is 32.2. The number of rotatable bonds is 8. The summed E-state index contributed by atoms with van der Waals surface area (Å²) < 4.78 is 48.9. The van der Waals surface area contributed by atoms with Gasteiger partial charge in [-0.25, -0.2) is 27.0 Å². The topological polar surface area (TPSA) is 130 Å². The molecule has 37 heavy (non-hydrogen) atoms. The molecule has 0 aliphatic carbocycles. The highest BCUT2D eigenvalue weighted by Crippen LogP contribution is 2.29. The van der Waals surface area contributed by atoms with Crippen LogP contribution in [0.15, 0.2) is 52.3 Å². The number of halogens is 1. The van der Waals surface area contributed by atoms with E-state index in [1.807, 2.05) is 4.90 Å². The Morgan fingerprint density at radius 3 is 2.70 bits per heavy atom. The minimum Gasteiger partial charge on any atom is -0.442 e. The number of nitrogens with one attached hydrogen (secondary N) is 1. The molecule has 2 aromatic heterocycles. The summed E-state index contributed by atoms with van der Waals surface area (Å²) in [5.74, 6) is -0.836. The number of amides is 2. The third-order valence-corrected chi connectivity index (χ3v) is 8.92. The molecule has 5 rings (SSSR count). The Kier molecular flexibility index (Phi) is 7.08. The lowest BCUT2D eigenvalue weighted by molar-refractivity contribution is -0.130. The number of hydrogen-bond donors (Lipinski definition) is 1. The molecule has 2 aliphatic rings. The van der Waals surface area contributed by atoms with Gasteiger partial charge in [0.25, 0.3) is 10.0 Å². The first-order valence-electron chi connectivity index (χ1n) is 11.5. The molecule has 2 amide bonds. The van der Waals surface area contributed by atoms with Gasteiger partial charge in [0.1, 0.15) is 16.1 Å². The number of carbonyl (C=O) groups is 2. The Bertz CT molecular complexity index is 1360. The Balaban J connectivity index is 1.15. The third-order valence-electron chi connectivity index (χ3n) is 6.13. The van der Waals surface area contributed by atoms with Crippen molar-refractivity contribution in [1.82, 2.24) is 24.6 Å². The number of piperazine rings is 1. The van der Waals surface area contributed by atoms with Gasteiger partial charge in [0.15, 0.2) is 0 Å². The summed E-state index contributed by atoms with van der Waals surface area (Å²) in [5, 5.41) is 9.24. The SMILES string of the molecule is O=C(CNS(=O)(=O)c1cccs1)N1CCN(c2ccc(N3C[C@H](Cn4ccnn4)OC3=O)cc2F)CC1. The van der Waals surface area contributed by atoms with Gasteiger partial charge >= 0.3 is 6.09 Å². The minimum atomic E-state index is -3.72. The number of cyclic esters (lactones) is 1. The van der Waals surface area contributed by atoms with Crippen LogP contribution in [-0.2, 0) is 26.1 Å². The highest BCUT2D eigenvalue weighted by Gasteiger charge is 2.33. The molecule has 0 saturated carbocycles. The number of ether oxygens (including phenoxy) is 1. The number of anilines is 2. The van der Waals surface area contributed by atoms with Gasteiger partial charge in [-0.3, -0.25) is 9.69 Å². The Labute approximate surface area is 216 Å². The number of hydrogen-bond acceptors (Lipinski definition) is 9. The number of thiophene rings is 1. The van der Waals surface area contributed by atoms with Crippen molar-refractivity contribution in [3.8, 4) is 0 Å². The van der Waals surface area contributed by atoms with Crippen LogP contribution >= 0.6 is 11.3 Å². The first-order chi connectivity index (χ1) is 17.8. The maximum atomic E-state index is 15.1. The zero-order chi connectivity index (χ0) is 26.0. The van der Waals surface area contributed by atoms with Crippen molar-refractivity contribution in [2.75, 3.05) is 49.1 Å². The molecule has 12 nitrogen and oxygen atoms in total. The van der Waals surface area contributed by atoms with Crippen LogP contribution in [0.1, 0.15) is 0 Å². The van der Waals surface area contributed by atoms with Gasteiger partial charge in [0, 0.05) is 32.4 Å². The number of sulfonamides is 1. The van der Waals surface area contributed by atoms with E-state index in [0.29, 0.717) is 44.1 Å². The summed E-state index contributed by atoms with van der Waals surface area (Å²) in [6.07, 6.45) is 2.21. The van der Waals surface area contributed by atoms with Gasteiger partial charge in [-0.05, 0) is 29.6 Å². The second-order valence-corrected chi connectivity index (χ2v) is 11.4. The van der Waals surface area contributed by atoms with Gasteiger partial charge in [-0.2, -0.15) is 0 Å². The van der Waals surface area contributed by atoms with Crippen LogP contribution in [0, 0.1) is 5.82 Å². The summed E-state index contributed by atoms with van der Waals surface area (Å²) in [5.41, 5.74) is 0.750. The molecule has 4 heterocycles. The van der Waals surface area contributed by atoms with Crippen molar-refractivity contribution in [3.63, 3.8) is 0 Å². The first-order valence-corrected chi connectivity index (χ1v) is 13.8. The second kappa shape index (κ2) is 10.4. The average Bonchev–Trinajstić information content (AvgIpc) is 3.66. The van der Waals surface area contributed by atoms with Crippen molar-refractivity contribution in [2.24, 2.45) is 0 Å². The van der Waals surface area contributed by atoms with Gasteiger partial charge in [0.05, 0.1) is 37.2 Å². The summed E-state index contributed by atoms with van der Waals surface area (Å²) in [6.45, 7) is 1.67. The van der Waals surface area contributed by atoms with E-state index in [9.17, 15) is 18.0 Å². The smallest absolute Gasteiger partial charge is 0.414 e. The zero-order valence-electron chi connectivity index (χ0n) is 19.6. The molecule has 0 bridgehead atoms. The quantitative estimate of drug-likeness (QED) is 0.443. The molecule has 196 valence electrons. The fourth-order valence-corrected chi connectivity index (χ4v) is 6.25. The first kappa shape index (κ1) is 25.1. The van der Waals surface area contributed by atoms with E-state index >= 15 is 4.39 Å². The van der Waals surface area contributed by atoms with Crippen LogP contribution in [0.2, 0.25) is 0 Å². The van der Waals surface area contributed by atoms with E-state index in [1.165, 1.54) is 23.2 Å². The van der Waals surface area contributed by atoms with E-state index in [4.69, 9.17) is 4.74 Å².